The second-order valence-corrected chi connectivity index (χ2v) is 7.61. The number of hydrogen-bond donors (Lipinski definition) is 1. The van der Waals surface area contributed by atoms with Crippen molar-refractivity contribution >= 4 is 17.6 Å². The van der Waals surface area contributed by atoms with Gasteiger partial charge in [-0.25, -0.2) is 0 Å². The highest BCUT2D eigenvalue weighted by Gasteiger charge is 2.21. The van der Waals surface area contributed by atoms with Gasteiger partial charge in [-0.3, -0.25) is 4.79 Å². The van der Waals surface area contributed by atoms with Gasteiger partial charge in [0.05, 0.1) is 19.3 Å². The standard InChI is InChI=1S/C23H28ClNO3/c1-27-23(26)4-2-3-22(28-21-13-15-25-16-14-21)19-7-5-17(6-8-19)18-9-11-20(24)12-10-18/h5-12,21-22,25H,2-4,13-16H2,1H3. The highest BCUT2D eigenvalue weighted by molar-refractivity contribution is 6.30. The number of benzene rings is 2. The SMILES string of the molecule is COC(=O)CCCC(OC1CCNCC1)c1ccc(-c2ccc(Cl)cc2)cc1. The van der Waals surface area contributed by atoms with Gasteiger partial charge in [0, 0.05) is 11.4 Å². The number of rotatable bonds is 8. The fourth-order valence-corrected chi connectivity index (χ4v) is 3.67. The fraction of sp³-hybridized carbons (Fsp3) is 0.435. The number of halogens is 1. The molecule has 0 bridgehead atoms. The van der Waals surface area contributed by atoms with Crippen molar-refractivity contribution in [3.05, 3.63) is 59.1 Å². The van der Waals surface area contributed by atoms with Gasteiger partial charge in [0.1, 0.15) is 0 Å². The molecule has 2 aromatic carbocycles. The second-order valence-electron chi connectivity index (χ2n) is 7.17. The van der Waals surface area contributed by atoms with Gasteiger partial charge < -0.3 is 14.8 Å². The summed E-state index contributed by atoms with van der Waals surface area (Å²) in [4.78, 5) is 11.5. The molecule has 1 saturated heterocycles. The van der Waals surface area contributed by atoms with E-state index < -0.39 is 0 Å². The number of esters is 1. The highest BCUT2D eigenvalue weighted by Crippen LogP contribution is 2.30. The first-order valence-corrected chi connectivity index (χ1v) is 10.3. The van der Waals surface area contributed by atoms with Crippen LogP contribution in [-0.4, -0.2) is 32.3 Å². The number of nitrogens with one attached hydrogen (secondary N) is 1. The van der Waals surface area contributed by atoms with Gasteiger partial charge in [-0.15, -0.1) is 0 Å². The largest absolute Gasteiger partial charge is 0.469 e. The predicted octanol–water partition coefficient (Wildman–Crippen LogP) is 5.16. The van der Waals surface area contributed by atoms with Crippen molar-refractivity contribution in [2.24, 2.45) is 0 Å². The first-order valence-electron chi connectivity index (χ1n) is 9.94. The van der Waals surface area contributed by atoms with E-state index in [9.17, 15) is 4.79 Å². The summed E-state index contributed by atoms with van der Waals surface area (Å²) in [6, 6.07) is 16.4. The molecule has 0 radical (unpaired) electrons. The van der Waals surface area contributed by atoms with Crippen LogP contribution in [0, 0.1) is 0 Å². The average molecular weight is 402 g/mol. The molecule has 0 saturated carbocycles. The summed E-state index contributed by atoms with van der Waals surface area (Å²) in [7, 11) is 1.43. The minimum Gasteiger partial charge on any atom is -0.469 e. The van der Waals surface area contributed by atoms with Gasteiger partial charge in [-0.2, -0.15) is 0 Å². The number of carbonyl (C=O) groups is 1. The van der Waals surface area contributed by atoms with Crippen molar-refractivity contribution in [3.8, 4) is 11.1 Å². The van der Waals surface area contributed by atoms with Crippen LogP contribution >= 0.6 is 11.6 Å². The van der Waals surface area contributed by atoms with E-state index in [-0.39, 0.29) is 18.2 Å². The Labute approximate surface area is 172 Å². The third-order valence-corrected chi connectivity index (χ3v) is 5.43. The van der Waals surface area contributed by atoms with Crippen LogP contribution in [0.2, 0.25) is 5.02 Å². The molecule has 4 nitrogen and oxygen atoms in total. The van der Waals surface area contributed by atoms with Crippen LogP contribution in [0.4, 0.5) is 0 Å². The zero-order valence-electron chi connectivity index (χ0n) is 16.3. The summed E-state index contributed by atoms with van der Waals surface area (Å²) in [6.07, 6.45) is 4.28. The Morgan fingerprint density at radius 2 is 1.68 bits per heavy atom. The second kappa shape index (κ2) is 10.6. The van der Waals surface area contributed by atoms with Crippen molar-refractivity contribution < 1.29 is 14.3 Å². The van der Waals surface area contributed by atoms with Crippen LogP contribution < -0.4 is 5.32 Å². The molecule has 0 spiro atoms. The Kier molecular flexibility index (Phi) is 7.90. The summed E-state index contributed by atoms with van der Waals surface area (Å²) in [5.74, 6) is -0.168. The fourth-order valence-electron chi connectivity index (χ4n) is 3.54. The highest BCUT2D eigenvalue weighted by atomic mass is 35.5. The summed E-state index contributed by atoms with van der Waals surface area (Å²) >= 11 is 5.99. The molecule has 150 valence electrons. The molecule has 5 heteroatoms. The predicted molar refractivity (Wildman–Crippen MR) is 112 cm³/mol. The van der Waals surface area contributed by atoms with Crippen LogP contribution in [0.25, 0.3) is 11.1 Å². The van der Waals surface area contributed by atoms with Gasteiger partial charge in [0.15, 0.2) is 0 Å². The van der Waals surface area contributed by atoms with Gasteiger partial charge in [-0.1, -0.05) is 48.0 Å². The lowest BCUT2D eigenvalue weighted by atomic mass is 9.98. The van der Waals surface area contributed by atoms with Crippen LogP contribution in [-0.2, 0) is 14.3 Å². The molecule has 1 unspecified atom stereocenters. The molecule has 1 atom stereocenters. The zero-order valence-corrected chi connectivity index (χ0v) is 17.1. The molecule has 1 heterocycles. The number of carbonyl (C=O) groups excluding carboxylic acids is 1. The van der Waals surface area contributed by atoms with Crippen molar-refractivity contribution in [3.63, 3.8) is 0 Å². The maximum absolute atomic E-state index is 11.5. The average Bonchev–Trinajstić information content (AvgIpc) is 2.74. The Balaban J connectivity index is 1.70. The van der Waals surface area contributed by atoms with Crippen LogP contribution in [0.5, 0.6) is 0 Å². The van der Waals surface area contributed by atoms with Crippen LogP contribution in [0.3, 0.4) is 0 Å². The number of piperidine rings is 1. The smallest absolute Gasteiger partial charge is 0.305 e. The molecule has 1 N–H and O–H groups in total. The van der Waals surface area contributed by atoms with Gasteiger partial charge in [0.25, 0.3) is 0 Å². The number of hydrogen-bond acceptors (Lipinski definition) is 4. The lowest BCUT2D eigenvalue weighted by Crippen LogP contribution is -2.33. The van der Waals surface area contributed by atoms with Crippen molar-refractivity contribution in [2.75, 3.05) is 20.2 Å². The molecular weight excluding hydrogens is 374 g/mol. The Morgan fingerprint density at radius 3 is 2.29 bits per heavy atom. The van der Waals surface area contributed by atoms with E-state index in [0.717, 1.165) is 60.5 Å². The molecule has 0 aromatic heterocycles. The molecule has 1 aliphatic rings. The summed E-state index contributed by atoms with van der Waals surface area (Å²) in [5, 5.41) is 4.11. The van der Waals surface area contributed by atoms with E-state index >= 15 is 0 Å². The Hall–Kier alpha value is -1.88. The molecule has 28 heavy (non-hydrogen) atoms. The van der Waals surface area contributed by atoms with E-state index in [2.05, 4.69) is 29.6 Å². The van der Waals surface area contributed by atoms with E-state index in [1.54, 1.807) is 0 Å². The minimum absolute atomic E-state index is 0.00739. The third-order valence-electron chi connectivity index (χ3n) is 5.18. The molecule has 0 amide bonds. The van der Waals surface area contributed by atoms with Crippen molar-refractivity contribution in [1.82, 2.24) is 5.32 Å². The Morgan fingerprint density at radius 1 is 1.07 bits per heavy atom. The minimum atomic E-state index is -0.168. The molecule has 0 aliphatic carbocycles. The summed E-state index contributed by atoms with van der Waals surface area (Å²) in [6.45, 7) is 1.99. The normalized spacial score (nSPS) is 15.9. The topological polar surface area (TPSA) is 47.6 Å². The monoisotopic (exact) mass is 401 g/mol. The zero-order chi connectivity index (χ0) is 19.8. The number of ether oxygens (including phenoxy) is 2. The maximum Gasteiger partial charge on any atom is 0.305 e. The van der Waals surface area contributed by atoms with Crippen molar-refractivity contribution in [2.45, 2.75) is 44.3 Å². The van der Waals surface area contributed by atoms with E-state index in [0.29, 0.717) is 6.42 Å². The van der Waals surface area contributed by atoms with E-state index in [1.165, 1.54) is 7.11 Å². The first kappa shape index (κ1) is 20.8. The van der Waals surface area contributed by atoms with Crippen molar-refractivity contribution in [1.29, 1.82) is 0 Å². The maximum atomic E-state index is 11.5. The van der Waals surface area contributed by atoms with Gasteiger partial charge in [-0.05, 0) is 67.6 Å². The van der Waals surface area contributed by atoms with Crippen LogP contribution in [0.1, 0.15) is 43.8 Å². The molecular formula is C23H28ClNO3. The molecule has 1 fully saturated rings. The lowest BCUT2D eigenvalue weighted by Gasteiger charge is -2.28. The molecule has 3 rings (SSSR count). The van der Waals surface area contributed by atoms with E-state index in [1.807, 2.05) is 24.3 Å². The summed E-state index contributed by atoms with van der Waals surface area (Å²) in [5.41, 5.74) is 3.44. The van der Waals surface area contributed by atoms with E-state index in [4.69, 9.17) is 21.1 Å². The first-order chi connectivity index (χ1) is 13.7. The van der Waals surface area contributed by atoms with Crippen LogP contribution in [0.15, 0.2) is 48.5 Å². The summed E-state index contributed by atoms with van der Waals surface area (Å²) < 4.78 is 11.2. The third kappa shape index (κ3) is 6.06. The quantitative estimate of drug-likeness (QED) is 0.620. The van der Waals surface area contributed by atoms with Gasteiger partial charge >= 0.3 is 5.97 Å². The lowest BCUT2D eigenvalue weighted by molar-refractivity contribution is -0.140. The van der Waals surface area contributed by atoms with Gasteiger partial charge in [0.2, 0.25) is 0 Å². The number of methoxy groups -OCH3 is 1. The Bertz CT molecular complexity index is 739. The molecule has 1 aliphatic heterocycles. The molecule has 2 aromatic rings.